The summed E-state index contributed by atoms with van der Waals surface area (Å²) in [4.78, 5) is 15.7. The van der Waals surface area contributed by atoms with Crippen molar-refractivity contribution >= 4 is 16.8 Å². The first-order chi connectivity index (χ1) is 13.5. The fraction of sp³-hybridized carbons (Fsp3) is 0.409. The maximum atomic E-state index is 13.7. The number of ether oxygens (including phenoxy) is 2. The van der Waals surface area contributed by atoms with Crippen LogP contribution in [0.3, 0.4) is 0 Å². The number of carbonyl (C=O) groups excluding carboxylic acids is 1. The van der Waals surface area contributed by atoms with Gasteiger partial charge in [0.1, 0.15) is 17.2 Å². The lowest BCUT2D eigenvalue weighted by Crippen LogP contribution is -2.44. The third kappa shape index (κ3) is 2.66. The van der Waals surface area contributed by atoms with Crippen LogP contribution in [0.2, 0.25) is 0 Å². The molecule has 3 heterocycles. The van der Waals surface area contributed by atoms with Crippen molar-refractivity contribution < 1.29 is 14.3 Å². The zero-order chi connectivity index (χ0) is 20.0. The van der Waals surface area contributed by atoms with Gasteiger partial charge in [-0.05, 0) is 36.2 Å². The van der Waals surface area contributed by atoms with E-state index in [4.69, 9.17) is 9.47 Å². The summed E-state index contributed by atoms with van der Waals surface area (Å²) in [6.07, 6.45) is 2.10. The minimum Gasteiger partial charge on any atom is -0.496 e. The average molecular weight is 381 g/mol. The van der Waals surface area contributed by atoms with Gasteiger partial charge in [-0.3, -0.25) is 4.79 Å². The zero-order valence-electron chi connectivity index (χ0n) is 17.1. The normalized spacial score (nSPS) is 16.5. The van der Waals surface area contributed by atoms with E-state index in [1.807, 2.05) is 34.7 Å². The van der Waals surface area contributed by atoms with Crippen molar-refractivity contribution in [3.8, 4) is 11.5 Å². The third-order valence-corrected chi connectivity index (χ3v) is 5.75. The minimum atomic E-state index is 0.0361. The number of aryl methyl sites for hydroxylation is 1. The lowest BCUT2D eigenvalue weighted by atomic mass is 9.96. The van der Waals surface area contributed by atoms with Crippen LogP contribution >= 0.6 is 0 Å². The fourth-order valence-electron chi connectivity index (χ4n) is 4.45. The quantitative estimate of drug-likeness (QED) is 0.690. The second-order valence-electron chi connectivity index (χ2n) is 7.63. The monoisotopic (exact) mass is 381 g/mol. The highest BCUT2D eigenvalue weighted by Crippen LogP contribution is 2.38. The van der Waals surface area contributed by atoms with E-state index in [9.17, 15) is 4.79 Å². The van der Waals surface area contributed by atoms with Crippen LogP contribution in [0.4, 0.5) is 0 Å². The molecule has 0 N–H and O–H groups in total. The number of hydrogen-bond donors (Lipinski definition) is 0. The Labute approximate surface area is 165 Å². The molecule has 6 heteroatoms. The van der Waals surface area contributed by atoms with Gasteiger partial charge >= 0.3 is 0 Å². The van der Waals surface area contributed by atoms with Crippen molar-refractivity contribution in [3.05, 3.63) is 47.9 Å². The second kappa shape index (κ2) is 6.93. The molecule has 0 saturated heterocycles. The van der Waals surface area contributed by atoms with Crippen LogP contribution < -0.4 is 9.47 Å². The number of nitrogens with zero attached hydrogens (tertiary/aromatic N) is 3. The lowest BCUT2D eigenvalue weighted by molar-refractivity contribution is 0.0547. The van der Waals surface area contributed by atoms with Gasteiger partial charge in [0.2, 0.25) is 0 Å². The van der Waals surface area contributed by atoms with E-state index in [1.165, 1.54) is 5.69 Å². The molecule has 148 valence electrons. The molecule has 1 atom stereocenters. The van der Waals surface area contributed by atoms with E-state index in [0.29, 0.717) is 18.2 Å². The molecule has 6 nitrogen and oxygen atoms in total. The summed E-state index contributed by atoms with van der Waals surface area (Å²) in [7, 11) is 5.20. The van der Waals surface area contributed by atoms with Crippen molar-refractivity contribution in [2.45, 2.75) is 26.4 Å². The number of carbonyl (C=O) groups is 1. The predicted molar refractivity (Wildman–Crippen MR) is 109 cm³/mol. The largest absolute Gasteiger partial charge is 0.496 e. The minimum absolute atomic E-state index is 0.0361. The van der Waals surface area contributed by atoms with Crippen molar-refractivity contribution in [1.29, 1.82) is 0 Å². The summed E-state index contributed by atoms with van der Waals surface area (Å²) < 4.78 is 15.2. The Morgan fingerprint density at radius 3 is 2.50 bits per heavy atom. The zero-order valence-corrected chi connectivity index (χ0v) is 17.1. The molecule has 0 saturated carbocycles. The van der Waals surface area contributed by atoms with E-state index < -0.39 is 0 Å². The number of fused-ring (bicyclic) bond motifs is 2. The number of hydrogen-bond acceptors (Lipinski definition) is 3. The third-order valence-electron chi connectivity index (χ3n) is 5.75. The Morgan fingerprint density at radius 1 is 1.11 bits per heavy atom. The number of methoxy groups -OCH3 is 2. The van der Waals surface area contributed by atoms with E-state index in [0.717, 1.165) is 28.9 Å². The molecule has 0 radical (unpaired) electrons. The molecule has 0 spiro atoms. The Kier molecular flexibility index (Phi) is 4.57. The number of amides is 1. The SMILES string of the molecule is COc1ccc(OC)c2c1cc(C(=O)N1CCn3cccc3[C@H]1C(C)C)n2C. The van der Waals surface area contributed by atoms with Gasteiger partial charge in [-0.15, -0.1) is 0 Å². The van der Waals surface area contributed by atoms with Crippen molar-refractivity contribution in [3.63, 3.8) is 0 Å². The van der Waals surface area contributed by atoms with Crippen LogP contribution in [0.25, 0.3) is 10.9 Å². The topological polar surface area (TPSA) is 48.6 Å². The highest BCUT2D eigenvalue weighted by Gasteiger charge is 2.35. The van der Waals surface area contributed by atoms with Crippen LogP contribution in [0.15, 0.2) is 36.5 Å². The molecular weight excluding hydrogens is 354 g/mol. The van der Waals surface area contributed by atoms with Crippen molar-refractivity contribution in [2.24, 2.45) is 13.0 Å². The summed E-state index contributed by atoms with van der Waals surface area (Å²) in [6.45, 7) is 5.84. The molecule has 0 bridgehead atoms. The summed E-state index contributed by atoms with van der Waals surface area (Å²) in [5.74, 6) is 1.81. The van der Waals surface area contributed by atoms with Gasteiger partial charge in [0.05, 0.1) is 25.8 Å². The molecule has 28 heavy (non-hydrogen) atoms. The van der Waals surface area contributed by atoms with Crippen LogP contribution in [-0.4, -0.2) is 40.7 Å². The predicted octanol–water partition coefficient (Wildman–Crippen LogP) is 3.85. The Hall–Kier alpha value is -2.89. The number of benzene rings is 1. The maximum absolute atomic E-state index is 13.7. The summed E-state index contributed by atoms with van der Waals surface area (Å²) in [6, 6.07) is 9.91. The standard InChI is InChI=1S/C22H27N3O3/c1-14(2)20-16-7-6-10-24(16)11-12-25(20)22(26)17-13-15-18(27-4)8-9-19(28-5)21(15)23(17)3/h6-10,13-14,20H,11-12H2,1-5H3/t20-/m1/s1. The molecular formula is C22H27N3O3. The van der Waals surface area contributed by atoms with Gasteiger partial charge in [-0.1, -0.05) is 13.8 Å². The van der Waals surface area contributed by atoms with E-state index in [1.54, 1.807) is 14.2 Å². The molecule has 1 amide bonds. The highest BCUT2D eigenvalue weighted by atomic mass is 16.5. The first-order valence-corrected chi connectivity index (χ1v) is 9.64. The summed E-state index contributed by atoms with van der Waals surface area (Å²) in [5.41, 5.74) is 2.71. The lowest BCUT2D eigenvalue weighted by Gasteiger charge is -2.39. The molecule has 1 aliphatic rings. The summed E-state index contributed by atoms with van der Waals surface area (Å²) in [5, 5.41) is 0.884. The smallest absolute Gasteiger partial charge is 0.271 e. The molecule has 1 aromatic carbocycles. The van der Waals surface area contributed by atoms with E-state index in [-0.39, 0.29) is 11.9 Å². The van der Waals surface area contributed by atoms with E-state index in [2.05, 4.69) is 36.7 Å². The summed E-state index contributed by atoms with van der Waals surface area (Å²) >= 11 is 0. The van der Waals surface area contributed by atoms with Crippen LogP contribution in [0.1, 0.15) is 36.1 Å². The van der Waals surface area contributed by atoms with Crippen molar-refractivity contribution in [1.82, 2.24) is 14.0 Å². The Bertz CT molecular complexity index is 1030. The second-order valence-corrected chi connectivity index (χ2v) is 7.63. The molecule has 0 fully saturated rings. The molecule has 0 aliphatic carbocycles. The first kappa shape index (κ1) is 18.5. The van der Waals surface area contributed by atoms with E-state index >= 15 is 0 Å². The molecule has 0 unspecified atom stereocenters. The highest BCUT2D eigenvalue weighted by molar-refractivity contribution is 6.02. The first-order valence-electron chi connectivity index (χ1n) is 9.64. The molecule has 4 rings (SSSR count). The molecule has 2 aromatic heterocycles. The van der Waals surface area contributed by atoms with Crippen LogP contribution in [0.5, 0.6) is 11.5 Å². The number of aromatic nitrogens is 2. The van der Waals surface area contributed by atoms with Gasteiger partial charge < -0.3 is 23.5 Å². The average Bonchev–Trinajstić information content (AvgIpc) is 3.30. The van der Waals surface area contributed by atoms with Crippen molar-refractivity contribution in [2.75, 3.05) is 20.8 Å². The molecule has 3 aromatic rings. The van der Waals surface area contributed by atoms with Gasteiger partial charge in [0.15, 0.2) is 0 Å². The Morgan fingerprint density at radius 2 is 1.82 bits per heavy atom. The van der Waals surface area contributed by atoms with Gasteiger partial charge in [-0.25, -0.2) is 0 Å². The van der Waals surface area contributed by atoms with Crippen LogP contribution in [-0.2, 0) is 13.6 Å². The Balaban J connectivity index is 1.82. The van der Waals surface area contributed by atoms with Crippen LogP contribution in [0, 0.1) is 5.92 Å². The maximum Gasteiger partial charge on any atom is 0.271 e. The van der Waals surface area contributed by atoms with Gasteiger partial charge in [-0.2, -0.15) is 0 Å². The fourth-order valence-corrected chi connectivity index (χ4v) is 4.45. The van der Waals surface area contributed by atoms with Gasteiger partial charge in [0, 0.05) is 37.4 Å². The number of rotatable bonds is 4. The molecule has 1 aliphatic heterocycles. The van der Waals surface area contributed by atoms with Gasteiger partial charge in [0.25, 0.3) is 5.91 Å².